The highest BCUT2D eigenvalue weighted by Crippen LogP contribution is 2.39. The molecule has 0 radical (unpaired) electrons. The minimum absolute atomic E-state index is 0.694. The Kier molecular flexibility index (Phi) is 7.10. The van der Waals surface area contributed by atoms with Crippen molar-refractivity contribution < 1.29 is 0 Å². The van der Waals surface area contributed by atoms with E-state index in [0.29, 0.717) is 5.82 Å². The molecule has 0 fully saturated rings. The Morgan fingerprint density at radius 2 is 0.918 bits per heavy atom. The first-order valence-electron chi connectivity index (χ1n) is 16.5. The number of hydrogen-bond donors (Lipinski definition) is 0. The average molecular weight is 627 g/mol. The zero-order valence-corrected chi connectivity index (χ0v) is 26.6. The zero-order chi connectivity index (χ0) is 32.6. The van der Waals surface area contributed by atoms with Gasteiger partial charge in [0.1, 0.15) is 5.52 Å². The van der Waals surface area contributed by atoms with E-state index in [0.717, 1.165) is 78.1 Å². The average Bonchev–Trinajstić information content (AvgIpc) is 3.53. The van der Waals surface area contributed by atoms with Crippen molar-refractivity contribution in [1.82, 2.24) is 19.5 Å². The van der Waals surface area contributed by atoms with Gasteiger partial charge in [0.25, 0.3) is 0 Å². The van der Waals surface area contributed by atoms with Crippen molar-refractivity contribution in [2.24, 2.45) is 0 Å². The number of rotatable bonds is 6. The third kappa shape index (κ3) is 5.26. The maximum absolute atomic E-state index is 5.34. The first-order chi connectivity index (χ1) is 24.3. The Bertz CT molecular complexity index is 2520. The van der Waals surface area contributed by atoms with Gasteiger partial charge in [-0.15, -0.1) is 0 Å². The van der Waals surface area contributed by atoms with Gasteiger partial charge in [0, 0.05) is 33.3 Å². The Balaban J connectivity index is 1.31. The molecule has 9 rings (SSSR count). The second-order valence-corrected chi connectivity index (χ2v) is 12.1. The molecule has 0 unspecified atom stereocenters. The molecule has 230 valence electrons. The van der Waals surface area contributed by atoms with Gasteiger partial charge in [0.2, 0.25) is 0 Å². The van der Waals surface area contributed by atoms with Crippen molar-refractivity contribution in [3.05, 3.63) is 182 Å². The molecule has 49 heavy (non-hydrogen) atoms. The van der Waals surface area contributed by atoms with Crippen molar-refractivity contribution >= 4 is 21.9 Å². The fourth-order valence-electron chi connectivity index (χ4n) is 6.66. The van der Waals surface area contributed by atoms with Crippen LogP contribution in [0, 0.1) is 0 Å². The maximum atomic E-state index is 5.34. The summed E-state index contributed by atoms with van der Waals surface area (Å²) in [7, 11) is 0. The SMILES string of the molecule is c1ccc(-c2cc(-c3ccccc3)nc(-c3cccc(-c4nc(-c5ccccc5)nc5c6ccccc6n(-c6ccccc6)c45)c3)c2)cc1. The summed E-state index contributed by atoms with van der Waals surface area (Å²) in [5.74, 6) is 0.694. The topological polar surface area (TPSA) is 43.6 Å². The summed E-state index contributed by atoms with van der Waals surface area (Å²) >= 11 is 0. The molecule has 3 aromatic heterocycles. The van der Waals surface area contributed by atoms with Gasteiger partial charge < -0.3 is 4.57 Å². The lowest BCUT2D eigenvalue weighted by Gasteiger charge is -2.14. The molecule has 3 heterocycles. The largest absolute Gasteiger partial charge is 0.306 e. The molecule has 0 bridgehead atoms. The molecule has 0 spiro atoms. The lowest BCUT2D eigenvalue weighted by Crippen LogP contribution is -2.00. The van der Waals surface area contributed by atoms with Gasteiger partial charge in [-0.25, -0.2) is 15.0 Å². The van der Waals surface area contributed by atoms with Crippen molar-refractivity contribution in [2.45, 2.75) is 0 Å². The number of aromatic nitrogens is 4. The van der Waals surface area contributed by atoms with Crippen LogP contribution in [0.5, 0.6) is 0 Å². The van der Waals surface area contributed by atoms with Crippen LogP contribution in [0.2, 0.25) is 0 Å². The molecule has 4 nitrogen and oxygen atoms in total. The van der Waals surface area contributed by atoms with Crippen LogP contribution in [0.25, 0.3) is 83.9 Å². The van der Waals surface area contributed by atoms with E-state index in [2.05, 4.69) is 150 Å². The van der Waals surface area contributed by atoms with Gasteiger partial charge in [0.15, 0.2) is 5.82 Å². The second-order valence-electron chi connectivity index (χ2n) is 12.1. The minimum atomic E-state index is 0.694. The minimum Gasteiger partial charge on any atom is -0.306 e. The molecule has 0 saturated carbocycles. The molecule has 0 aliphatic rings. The van der Waals surface area contributed by atoms with Crippen LogP contribution in [-0.2, 0) is 0 Å². The highest BCUT2D eigenvalue weighted by molar-refractivity contribution is 6.11. The standard InChI is InChI=1S/C45H30N4/c1-5-16-31(17-6-1)36-29-39(32-18-7-2-8-19-32)46-40(30-36)34-22-15-23-35(28-34)42-44-43(48-45(47-42)33-20-9-3-10-21-33)38-26-13-14-27-41(38)49(44)37-24-11-4-12-25-37/h1-30H. The lowest BCUT2D eigenvalue weighted by atomic mass is 9.98. The van der Waals surface area contributed by atoms with E-state index in [4.69, 9.17) is 15.0 Å². The molecule has 0 saturated heterocycles. The Morgan fingerprint density at radius 1 is 0.367 bits per heavy atom. The number of fused-ring (bicyclic) bond motifs is 3. The summed E-state index contributed by atoms with van der Waals surface area (Å²) in [5, 5.41) is 1.09. The van der Waals surface area contributed by atoms with E-state index in [1.165, 1.54) is 0 Å². The van der Waals surface area contributed by atoms with E-state index in [1.54, 1.807) is 0 Å². The van der Waals surface area contributed by atoms with Crippen LogP contribution in [-0.4, -0.2) is 19.5 Å². The molecular formula is C45H30N4. The quantitative estimate of drug-likeness (QED) is 0.184. The number of pyridine rings is 1. The highest BCUT2D eigenvalue weighted by atomic mass is 15.0. The van der Waals surface area contributed by atoms with Crippen molar-refractivity contribution in [3.63, 3.8) is 0 Å². The van der Waals surface area contributed by atoms with Crippen LogP contribution in [0.4, 0.5) is 0 Å². The summed E-state index contributed by atoms with van der Waals surface area (Å²) < 4.78 is 2.29. The second kappa shape index (κ2) is 12.2. The molecule has 9 aromatic rings. The predicted octanol–water partition coefficient (Wildman–Crippen LogP) is 11.3. The third-order valence-corrected chi connectivity index (χ3v) is 8.99. The highest BCUT2D eigenvalue weighted by Gasteiger charge is 2.21. The monoisotopic (exact) mass is 626 g/mol. The molecule has 0 aliphatic heterocycles. The van der Waals surface area contributed by atoms with Gasteiger partial charge in [-0.05, 0) is 47.5 Å². The number of hydrogen-bond acceptors (Lipinski definition) is 3. The molecule has 0 atom stereocenters. The van der Waals surface area contributed by atoms with Crippen molar-refractivity contribution in [3.8, 4) is 62.0 Å². The summed E-state index contributed by atoms with van der Waals surface area (Å²) in [4.78, 5) is 15.8. The van der Waals surface area contributed by atoms with E-state index >= 15 is 0 Å². The van der Waals surface area contributed by atoms with E-state index in [1.807, 2.05) is 36.4 Å². The van der Waals surface area contributed by atoms with Crippen LogP contribution < -0.4 is 0 Å². The first-order valence-corrected chi connectivity index (χ1v) is 16.5. The molecule has 6 aromatic carbocycles. The maximum Gasteiger partial charge on any atom is 0.160 e. The summed E-state index contributed by atoms with van der Waals surface area (Å²) in [6.07, 6.45) is 0. The van der Waals surface area contributed by atoms with Gasteiger partial charge in [-0.1, -0.05) is 146 Å². The molecule has 0 amide bonds. The smallest absolute Gasteiger partial charge is 0.160 e. The van der Waals surface area contributed by atoms with Crippen molar-refractivity contribution in [1.29, 1.82) is 0 Å². The summed E-state index contributed by atoms with van der Waals surface area (Å²) in [5.41, 5.74) is 13.1. The van der Waals surface area contributed by atoms with Crippen LogP contribution >= 0.6 is 0 Å². The molecule has 4 heteroatoms. The van der Waals surface area contributed by atoms with E-state index < -0.39 is 0 Å². The number of para-hydroxylation sites is 2. The molecule has 0 N–H and O–H groups in total. The Hall–Kier alpha value is -6.65. The normalized spacial score (nSPS) is 11.3. The van der Waals surface area contributed by atoms with Gasteiger partial charge in [-0.3, -0.25) is 0 Å². The Labute approximate surface area is 284 Å². The van der Waals surface area contributed by atoms with Gasteiger partial charge >= 0.3 is 0 Å². The number of nitrogens with zero attached hydrogens (tertiary/aromatic N) is 4. The van der Waals surface area contributed by atoms with E-state index in [9.17, 15) is 0 Å². The first kappa shape index (κ1) is 28.6. The number of benzene rings is 6. The van der Waals surface area contributed by atoms with Crippen LogP contribution in [0.1, 0.15) is 0 Å². The summed E-state index contributed by atoms with van der Waals surface area (Å²) in [6, 6.07) is 63.0. The fraction of sp³-hybridized carbons (Fsp3) is 0. The summed E-state index contributed by atoms with van der Waals surface area (Å²) in [6.45, 7) is 0. The third-order valence-electron chi connectivity index (χ3n) is 8.99. The zero-order valence-electron chi connectivity index (χ0n) is 26.6. The van der Waals surface area contributed by atoms with Gasteiger partial charge in [-0.2, -0.15) is 0 Å². The van der Waals surface area contributed by atoms with E-state index in [-0.39, 0.29) is 0 Å². The molecule has 0 aliphatic carbocycles. The van der Waals surface area contributed by atoms with Crippen LogP contribution in [0.15, 0.2) is 182 Å². The van der Waals surface area contributed by atoms with Gasteiger partial charge in [0.05, 0.1) is 28.1 Å². The fourth-order valence-corrected chi connectivity index (χ4v) is 6.66. The predicted molar refractivity (Wildman–Crippen MR) is 201 cm³/mol. The molecular weight excluding hydrogens is 597 g/mol. The van der Waals surface area contributed by atoms with Crippen molar-refractivity contribution in [2.75, 3.05) is 0 Å². The Morgan fingerprint density at radius 3 is 1.63 bits per heavy atom. The lowest BCUT2D eigenvalue weighted by molar-refractivity contribution is 1.15. The van der Waals surface area contributed by atoms with Crippen LogP contribution in [0.3, 0.4) is 0 Å².